The maximum Gasteiger partial charge on any atom is 0.123 e. The van der Waals surface area contributed by atoms with Crippen molar-refractivity contribution in [2.24, 2.45) is 5.73 Å². The number of nitrogens with two attached hydrogens (primary N) is 1. The van der Waals surface area contributed by atoms with E-state index in [0.29, 0.717) is 12.5 Å². The first-order valence-corrected chi connectivity index (χ1v) is 7.30. The number of hydrogen-bond acceptors (Lipinski definition) is 3. The van der Waals surface area contributed by atoms with Crippen molar-refractivity contribution in [1.29, 1.82) is 0 Å². The minimum Gasteiger partial charge on any atom is -0.330 e. The summed E-state index contributed by atoms with van der Waals surface area (Å²) in [4.78, 5) is 4.70. The number of hydrogen-bond donors (Lipinski definition) is 1. The second-order valence-corrected chi connectivity index (χ2v) is 5.63. The monoisotopic (exact) mass is 268 g/mol. The Labute approximate surface area is 116 Å². The molecule has 19 heavy (non-hydrogen) atoms. The van der Waals surface area contributed by atoms with Crippen molar-refractivity contribution < 1.29 is 0 Å². The van der Waals surface area contributed by atoms with Crippen LogP contribution in [0.3, 0.4) is 0 Å². The predicted octanol–water partition coefficient (Wildman–Crippen LogP) is 4.03. The lowest BCUT2D eigenvalue weighted by molar-refractivity contribution is 0.752. The molecule has 0 amide bonds. The van der Waals surface area contributed by atoms with Gasteiger partial charge in [0, 0.05) is 23.4 Å². The smallest absolute Gasteiger partial charge is 0.123 e. The zero-order chi connectivity index (χ0) is 13.2. The fourth-order valence-corrected chi connectivity index (χ4v) is 3.03. The summed E-state index contributed by atoms with van der Waals surface area (Å²) < 4.78 is 0. The van der Waals surface area contributed by atoms with Gasteiger partial charge in [-0.1, -0.05) is 43.3 Å². The Morgan fingerprint density at radius 2 is 1.95 bits per heavy atom. The van der Waals surface area contributed by atoms with Crippen molar-refractivity contribution in [3.8, 4) is 10.6 Å². The fraction of sp³-hybridized carbons (Fsp3) is 0.188. The Morgan fingerprint density at radius 3 is 2.74 bits per heavy atom. The third kappa shape index (κ3) is 2.39. The second-order valence-electron chi connectivity index (χ2n) is 4.78. The summed E-state index contributed by atoms with van der Waals surface area (Å²) in [6.45, 7) is 2.75. The van der Waals surface area contributed by atoms with Crippen molar-refractivity contribution in [3.63, 3.8) is 0 Å². The number of fused-ring (bicyclic) bond motifs is 1. The SMILES string of the molecule is CC(CN)c1csc(-c2ccc3ccccc3c2)n1. The lowest BCUT2D eigenvalue weighted by Crippen LogP contribution is -2.08. The molecule has 3 heteroatoms. The Morgan fingerprint density at radius 1 is 1.16 bits per heavy atom. The van der Waals surface area contributed by atoms with Crippen LogP contribution < -0.4 is 5.73 Å². The summed E-state index contributed by atoms with van der Waals surface area (Å²) in [6, 6.07) is 14.9. The van der Waals surface area contributed by atoms with Crippen molar-refractivity contribution in [2.45, 2.75) is 12.8 Å². The number of thiazole rings is 1. The minimum absolute atomic E-state index is 0.324. The van der Waals surface area contributed by atoms with Crippen LogP contribution in [0.25, 0.3) is 21.3 Å². The number of nitrogens with zero attached hydrogens (tertiary/aromatic N) is 1. The van der Waals surface area contributed by atoms with Crippen molar-refractivity contribution in [3.05, 3.63) is 53.5 Å². The van der Waals surface area contributed by atoms with E-state index >= 15 is 0 Å². The second kappa shape index (κ2) is 5.11. The molecule has 0 radical (unpaired) electrons. The van der Waals surface area contributed by atoms with Crippen LogP contribution in [-0.4, -0.2) is 11.5 Å². The normalized spacial score (nSPS) is 12.7. The molecule has 0 saturated carbocycles. The maximum atomic E-state index is 5.69. The van der Waals surface area contributed by atoms with E-state index in [1.807, 2.05) is 0 Å². The van der Waals surface area contributed by atoms with Gasteiger partial charge in [0.25, 0.3) is 0 Å². The van der Waals surface area contributed by atoms with Crippen LogP contribution in [0.4, 0.5) is 0 Å². The molecule has 0 fully saturated rings. The van der Waals surface area contributed by atoms with Gasteiger partial charge in [-0.2, -0.15) is 0 Å². The molecule has 96 valence electrons. The molecule has 0 aliphatic heterocycles. The zero-order valence-electron chi connectivity index (χ0n) is 10.8. The van der Waals surface area contributed by atoms with Crippen LogP contribution in [-0.2, 0) is 0 Å². The van der Waals surface area contributed by atoms with Crippen LogP contribution in [0, 0.1) is 0 Å². The average Bonchev–Trinajstić information content (AvgIpc) is 2.95. The minimum atomic E-state index is 0.324. The third-order valence-electron chi connectivity index (χ3n) is 3.38. The number of aromatic nitrogens is 1. The molecule has 0 saturated heterocycles. The zero-order valence-corrected chi connectivity index (χ0v) is 11.7. The predicted molar refractivity (Wildman–Crippen MR) is 82.5 cm³/mol. The molecule has 1 atom stereocenters. The van der Waals surface area contributed by atoms with E-state index in [-0.39, 0.29) is 0 Å². The van der Waals surface area contributed by atoms with Crippen molar-refractivity contribution in [1.82, 2.24) is 4.98 Å². The highest BCUT2D eigenvalue weighted by Crippen LogP contribution is 2.29. The van der Waals surface area contributed by atoms with Gasteiger partial charge in [-0.15, -0.1) is 11.3 Å². The lowest BCUT2D eigenvalue weighted by Gasteiger charge is -2.03. The van der Waals surface area contributed by atoms with Gasteiger partial charge < -0.3 is 5.73 Å². The van der Waals surface area contributed by atoms with Crippen LogP contribution >= 0.6 is 11.3 Å². The molecule has 1 unspecified atom stereocenters. The highest BCUT2D eigenvalue weighted by atomic mass is 32.1. The molecule has 3 aromatic rings. The molecule has 1 heterocycles. The summed E-state index contributed by atoms with van der Waals surface area (Å²) >= 11 is 1.69. The highest BCUT2D eigenvalue weighted by Gasteiger charge is 2.10. The fourth-order valence-electron chi connectivity index (χ4n) is 2.09. The molecule has 2 nitrogen and oxygen atoms in total. The lowest BCUT2D eigenvalue weighted by atomic mass is 10.1. The Bertz CT molecular complexity index is 703. The highest BCUT2D eigenvalue weighted by molar-refractivity contribution is 7.13. The van der Waals surface area contributed by atoms with Gasteiger partial charge in [0.1, 0.15) is 5.01 Å². The average molecular weight is 268 g/mol. The van der Waals surface area contributed by atoms with Gasteiger partial charge in [-0.3, -0.25) is 0 Å². The van der Waals surface area contributed by atoms with Gasteiger partial charge >= 0.3 is 0 Å². The van der Waals surface area contributed by atoms with E-state index in [1.165, 1.54) is 16.3 Å². The van der Waals surface area contributed by atoms with Crippen molar-refractivity contribution >= 4 is 22.1 Å². The molecule has 2 N–H and O–H groups in total. The summed E-state index contributed by atoms with van der Waals surface area (Å²) in [6.07, 6.45) is 0. The van der Waals surface area contributed by atoms with Gasteiger partial charge in [-0.05, 0) is 16.8 Å². The van der Waals surface area contributed by atoms with Crippen LogP contribution in [0.2, 0.25) is 0 Å². The van der Waals surface area contributed by atoms with Crippen LogP contribution in [0.5, 0.6) is 0 Å². The third-order valence-corrected chi connectivity index (χ3v) is 4.29. The van der Waals surface area contributed by atoms with E-state index in [9.17, 15) is 0 Å². The summed E-state index contributed by atoms with van der Waals surface area (Å²) in [7, 11) is 0. The van der Waals surface area contributed by atoms with E-state index in [2.05, 4.69) is 54.8 Å². The molecule has 2 aromatic carbocycles. The summed E-state index contributed by atoms with van der Waals surface area (Å²) in [5.74, 6) is 0.324. The van der Waals surface area contributed by atoms with Gasteiger partial charge in [0.2, 0.25) is 0 Å². The first kappa shape index (κ1) is 12.3. The molecular weight excluding hydrogens is 252 g/mol. The quantitative estimate of drug-likeness (QED) is 0.779. The van der Waals surface area contributed by atoms with Crippen LogP contribution in [0.15, 0.2) is 47.8 Å². The molecule has 0 spiro atoms. The van der Waals surface area contributed by atoms with E-state index in [0.717, 1.165) is 10.7 Å². The van der Waals surface area contributed by atoms with Gasteiger partial charge in [0.15, 0.2) is 0 Å². The Balaban J connectivity index is 2.01. The maximum absolute atomic E-state index is 5.69. The molecular formula is C16H16N2S. The topological polar surface area (TPSA) is 38.9 Å². The van der Waals surface area contributed by atoms with Crippen molar-refractivity contribution in [2.75, 3.05) is 6.54 Å². The molecule has 0 aliphatic carbocycles. The van der Waals surface area contributed by atoms with Gasteiger partial charge in [0.05, 0.1) is 5.69 Å². The molecule has 3 rings (SSSR count). The Kier molecular flexibility index (Phi) is 3.32. The largest absolute Gasteiger partial charge is 0.330 e. The summed E-state index contributed by atoms with van der Waals surface area (Å²) in [5, 5.41) is 5.70. The number of rotatable bonds is 3. The first-order chi connectivity index (χ1) is 9.28. The van der Waals surface area contributed by atoms with Crippen LogP contribution in [0.1, 0.15) is 18.5 Å². The van der Waals surface area contributed by atoms with E-state index < -0.39 is 0 Å². The number of benzene rings is 2. The molecule has 0 aliphatic rings. The van der Waals surface area contributed by atoms with Gasteiger partial charge in [-0.25, -0.2) is 4.98 Å². The van der Waals surface area contributed by atoms with E-state index in [1.54, 1.807) is 11.3 Å². The first-order valence-electron chi connectivity index (χ1n) is 6.42. The Hall–Kier alpha value is -1.71. The van der Waals surface area contributed by atoms with E-state index in [4.69, 9.17) is 10.7 Å². The molecule has 1 aromatic heterocycles. The molecule has 0 bridgehead atoms. The summed E-state index contributed by atoms with van der Waals surface area (Å²) in [5.41, 5.74) is 7.96. The standard InChI is InChI=1S/C16H16N2S/c1-11(9-17)15-10-19-16(18-15)14-7-6-12-4-2-3-5-13(12)8-14/h2-8,10-11H,9,17H2,1H3.